The highest BCUT2D eigenvalue weighted by atomic mass is 32.2. The molecule has 0 aliphatic rings. The summed E-state index contributed by atoms with van der Waals surface area (Å²) in [6.45, 7) is 0. The van der Waals surface area contributed by atoms with Crippen molar-refractivity contribution in [2.75, 3.05) is 11.5 Å². The number of azo groups is 2. The van der Waals surface area contributed by atoms with Crippen LogP contribution in [0.25, 0.3) is 21.5 Å². The molecule has 0 atom stereocenters. The molecule has 36 heavy (non-hydrogen) atoms. The van der Waals surface area contributed by atoms with Crippen molar-refractivity contribution in [1.82, 2.24) is 0 Å². The van der Waals surface area contributed by atoms with Crippen molar-refractivity contribution >= 4 is 65.8 Å². The van der Waals surface area contributed by atoms with E-state index in [-0.39, 0.29) is 4.90 Å². The lowest BCUT2D eigenvalue weighted by Crippen LogP contribution is -1.98. The average molecular weight is 497 g/mol. The lowest BCUT2D eigenvalue weighted by molar-refractivity contribution is 0.484. The fourth-order valence-corrected chi connectivity index (χ4v) is 4.56. The summed E-state index contributed by atoms with van der Waals surface area (Å²) in [6.07, 6.45) is 0. The first-order valence-electron chi connectivity index (χ1n) is 10.8. The van der Waals surface area contributed by atoms with Gasteiger partial charge in [-0.05, 0) is 35.7 Å². The third kappa shape index (κ3) is 4.50. The highest BCUT2D eigenvalue weighted by molar-refractivity contribution is 7.86. The quantitative estimate of drug-likeness (QED) is 0.133. The fraction of sp³-hybridized carbons (Fsp3) is 0. The molecular weight excluding hydrogens is 476 g/mol. The van der Waals surface area contributed by atoms with Gasteiger partial charge in [0.05, 0.1) is 22.7 Å². The SMILES string of the molecule is Nc1cc(N)c(N=Nc2ccc(S(=O)(=O)O)c3ccccc23)cc1N=Nc1cccc2ccccc12. The highest BCUT2D eigenvalue weighted by Crippen LogP contribution is 2.37. The number of anilines is 2. The molecule has 0 amide bonds. The van der Waals surface area contributed by atoms with Crippen molar-refractivity contribution in [1.29, 1.82) is 0 Å². The minimum absolute atomic E-state index is 0.208. The van der Waals surface area contributed by atoms with Gasteiger partial charge in [-0.25, -0.2) is 0 Å². The summed E-state index contributed by atoms with van der Waals surface area (Å²) >= 11 is 0. The lowest BCUT2D eigenvalue weighted by Gasteiger charge is -2.07. The van der Waals surface area contributed by atoms with Gasteiger partial charge >= 0.3 is 0 Å². The summed E-state index contributed by atoms with van der Waals surface area (Å²) in [5, 5.41) is 20.1. The van der Waals surface area contributed by atoms with Crippen LogP contribution < -0.4 is 11.5 Å². The predicted molar refractivity (Wildman–Crippen MR) is 141 cm³/mol. The minimum atomic E-state index is -4.40. The van der Waals surface area contributed by atoms with Crippen LogP contribution in [0.15, 0.2) is 116 Å². The fourth-order valence-electron chi connectivity index (χ4n) is 3.86. The molecule has 0 unspecified atom stereocenters. The van der Waals surface area contributed by atoms with Crippen molar-refractivity contribution in [2.45, 2.75) is 4.90 Å². The number of fused-ring (bicyclic) bond motifs is 2. The van der Waals surface area contributed by atoms with Crippen molar-refractivity contribution in [3.8, 4) is 0 Å². The first-order chi connectivity index (χ1) is 17.3. The van der Waals surface area contributed by atoms with Crippen LogP contribution in [-0.2, 0) is 10.1 Å². The number of benzene rings is 5. The molecule has 10 heteroatoms. The number of hydrogen-bond acceptors (Lipinski definition) is 8. The maximum atomic E-state index is 11.7. The van der Waals surface area contributed by atoms with E-state index in [0.717, 1.165) is 10.8 Å². The van der Waals surface area contributed by atoms with Gasteiger partial charge in [0.2, 0.25) is 0 Å². The van der Waals surface area contributed by atoms with E-state index in [1.165, 1.54) is 18.2 Å². The molecule has 0 aliphatic heterocycles. The Hall–Kier alpha value is -4.67. The molecule has 0 radical (unpaired) electrons. The maximum Gasteiger partial charge on any atom is 0.295 e. The molecular formula is C26H20N6O3S. The number of hydrogen-bond donors (Lipinski definition) is 3. The molecule has 0 saturated heterocycles. The summed E-state index contributed by atoms with van der Waals surface area (Å²) in [4.78, 5) is -0.208. The van der Waals surface area contributed by atoms with E-state index in [0.29, 0.717) is 44.9 Å². The average Bonchev–Trinajstić information content (AvgIpc) is 2.86. The van der Waals surface area contributed by atoms with Gasteiger partial charge in [-0.2, -0.15) is 8.42 Å². The van der Waals surface area contributed by atoms with E-state index in [4.69, 9.17) is 11.5 Å². The van der Waals surface area contributed by atoms with Crippen LogP contribution in [0.3, 0.4) is 0 Å². The Morgan fingerprint density at radius 3 is 1.75 bits per heavy atom. The highest BCUT2D eigenvalue weighted by Gasteiger charge is 2.15. The van der Waals surface area contributed by atoms with Gasteiger partial charge in [0.15, 0.2) is 0 Å². The standard InChI is InChI=1S/C26H20N6O3S/c27-20-14-21(28)25(15-24(20)31-29-22-11-5-7-16-6-1-2-8-17(16)22)32-30-23-12-13-26(36(33,34)35)19-10-4-3-9-18(19)23/h1-15H,27-28H2,(H,33,34,35). The Kier molecular flexibility index (Phi) is 5.88. The molecule has 0 fully saturated rings. The Balaban J connectivity index is 1.52. The number of nitrogen functional groups attached to an aromatic ring is 2. The molecule has 0 aromatic heterocycles. The topological polar surface area (TPSA) is 156 Å². The van der Waals surface area contributed by atoms with E-state index in [1.807, 2.05) is 42.5 Å². The van der Waals surface area contributed by atoms with Crippen LogP contribution in [-0.4, -0.2) is 13.0 Å². The Labute approximate surface area is 206 Å². The molecule has 0 saturated carbocycles. The number of rotatable bonds is 5. The molecule has 178 valence electrons. The zero-order chi connectivity index (χ0) is 25.3. The molecule has 5 aromatic carbocycles. The molecule has 5 aromatic rings. The zero-order valence-corrected chi connectivity index (χ0v) is 19.6. The van der Waals surface area contributed by atoms with E-state index >= 15 is 0 Å². The van der Waals surface area contributed by atoms with E-state index < -0.39 is 10.1 Å². The number of nitrogens with two attached hydrogens (primary N) is 2. The first-order valence-corrected chi connectivity index (χ1v) is 12.2. The van der Waals surface area contributed by atoms with Crippen molar-refractivity contribution in [2.24, 2.45) is 20.5 Å². The maximum absolute atomic E-state index is 11.7. The largest absolute Gasteiger partial charge is 0.397 e. The second kappa shape index (κ2) is 9.17. The van der Waals surface area contributed by atoms with Crippen LogP contribution in [0, 0.1) is 0 Å². The van der Waals surface area contributed by atoms with Gasteiger partial charge in [0.25, 0.3) is 10.1 Å². The second-order valence-electron chi connectivity index (χ2n) is 7.97. The summed E-state index contributed by atoms with van der Waals surface area (Å²) in [5.74, 6) is 0. The molecule has 0 bridgehead atoms. The van der Waals surface area contributed by atoms with Crippen molar-refractivity contribution in [3.05, 3.63) is 91.0 Å². The zero-order valence-electron chi connectivity index (χ0n) is 18.8. The summed E-state index contributed by atoms with van der Waals surface area (Å²) in [6, 6.07) is 26.1. The Morgan fingerprint density at radius 1 is 0.556 bits per heavy atom. The smallest absolute Gasteiger partial charge is 0.295 e. The van der Waals surface area contributed by atoms with E-state index in [2.05, 4.69) is 20.5 Å². The molecule has 0 spiro atoms. The van der Waals surface area contributed by atoms with Gasteiger partial charge in [-0.1, -0.05) is 60.7 Å². The first kappa shape index (κ1) is 23.1. The van der Waals surface area contributed by atoms with Gasteiger partial charge < -0.3 is 11.5 Å². The van der Waals surface area contributed by atoms with Gasteiger partial charge in [-0.3, -0.25) is 4.55 Å². The summed E-state index contributed by atoms with van der Waals surface area (Å²) < 4.78 is 33.0. The predicted octanol–water partition coefficient (Wildman–Crippen LogP) is 7.23. The van der Waals surface area contributed by atoms with Crippen LogP contribution >= 0.6 is 0 Å². The third-order valence-corrected chi connectivity index (χ3v) is 6.52. The van der Waals surface area contributed by atoms with Crippen LogP contribution in [0.1, 0.15) is 0 Å². The molecule has 5 N–H and O–H groups in total. The Bertz CT molecular complexity index is 1790. The minimum Gasteiger partial charge on any atom is -0.397 e. The van der Waals surface area contributed by atoms with Gasteiger partial charge in [-0.15, -0.1) is 20.5 Å². The van der Waals surface area contributed by atoms with Crippen LogP contribution in [0.2, 0.25) is 0 Å². The second-order valence-corrected chi connectivity index (χ2v) is 9.36. The van der Waals surface area contributed by atoms with Crippen LogP contribution in [0.4, 0.5) is 34.1 Å². The molecule has 9 nitrogen and oxygen atoms in total. The normalized spacial score (nSPS) is 12.2. The van der Waals surface area contributed by atoms with Gasteiger partial charge in [0.1, 0.15) is 16.3 Å². The van der Waals surface area contributed by atoms with Crippen molar-refractivity contribution in [3.63, 3.8) is 0 Å². The monoisotopic (exact) mass is 496 g/mol. The molecule has 0 heterocycles. The summed E-state index contributed by atoms with van der Waals surface area (Å²) in [5.41, 5.74) is 14.6. The number of nitrogens with zero attached hydrogens (tertiary/aromatic N) is 4. The van der Waals surface area contributed by atoms with E-state index in [9.17, 15) is 13.0 Å². The third-order valence-electron chi connectivity index (χ3n) is 5.61. The summed E-state index contributed by atoms with van der Waals surface area (Å²) in [7, 11) is -4.40. The van der Waals surface area contributed by atoms with Gasteiger partial charge in [0, 0.05) is 16.2 Å². The van der Waals surface area contributed by atoms with Crippen molar-refractivity contribution < 1.29 is 13.0 Å². The van der Waals surface area contributed by atoms with Crippen LogP contribution in [0.5, 0.6) is 0 Å². The molecule has 5 rings (SSSR count). The lowest BCUT2D eigenvalue weighted by atomic mass is 10.1. The Morgan fingerprint density at radius 2 is 1.08 bits per heavy atom. The van der Waals surface area contributed by atoms with E-state index in [1.54, 1.807) is 30.3 Å². The molecule has 0 aliphatic carbocycles.